The Morgan fingerprint density at radius 2 is 1.96 bits per heavy atom. The van der Waals surface area contributed by atoms with E-state index in [0.29, 0.717) is 16.9 Å². The lowest BCUT2D eigenvalue weighted by molar-refractivity contribution is -0.116. The Morgan fingerprint density at radius 3 is 2.61 bits per heavy atom. The Bertz CT molecular complexity index is 1070. The van der Waals surface area contributed by atoms with Crippen LogP contribution in [0.15, 0.2) is 29.1 Å². The minimum atomic E-state index is -2.90. The Morgan fingerprint density at radius 1 is 1.29 bits per heavy atom. The van der Waals surface area contributed by atoms with Crippen LogP contribution in [-0.4, -0.2) is 27.3 Å². The highest BCUT2D eigenvalue weighted by atomic mass is 19.3. The summed E-state index contributed by atoms with van der Waals surface area (Å²) in [5, 5.41) is 7.87. The molecule has 7 nitrogen and oxygen atoms in total. The third kappa shape index (κ3) is 4.03. The Balaban J connectivity index is 1.69. The van der Waals surface area contributed by atoms with Crippen LogP contribution < -0.4 is 15.6 Å². The van der Waals surface area contributed by atoms with Crippen LogP contribution >= 0.6 is 0 Å². The Hall–Kier alpha value is -3.23. The van der Waals surface area contributed by atoms with Crippen molar-refractivity contribution in [1.82, 2.24) is 14.8 Å². The normalized spacial score (nSPS) is 11.2. The summed E-state index contributed by atoms with van der Waals surface area (Å²) in [5.41, 5.74) is 3.03. The maximum Gasteiger partial charge on any atom is 0.387 e. The standard InChI is InChI=1S/C19H20F2N4O3/c1-10-14(18(27)23-17-16(10)11(2)24-25(17)3)8-9-15(26)22-12-4-6-13(7-5-12)28-19(20)21/h4-7,19H,8-9H2,1-3H3,(H,22,26)(H,23,27). The molecule has 2 aromatic heterocycles. The van der Waals surface area contributed by atoms with E-state index in [1.807, 2.05) is 13.8 Å². The first kappa shape index (κ1) is 19.5. The highest BCUT2D eigenvalue weighted by molar-refractivity contribution is 5.91. The van der Waals surface area contributed by atoms with Gasteiger partial charge in [-0.2, -0.15) is 13.9 Å². The second kappa shape index (κ2) is 7.79. The van der Waals surface area contributed by atoms with Gasteiger partial charge in [0.1, 0.15) is 11.4 Å². The number of hydrogen-bond acceptors (Lipinski definition) is 4. The molecule has 0 aliphatic heterocycles. The molecule has 0 aliphatic rings. The average molecular weight is 390 g/mol. The maximum atomic E-state index is 12.4. The third-order valence-electron chi connectivity index (χ3n) is 4.52. The second-order valence-corrected chi connectivity index (χ2v) is 6.44. The number of alkyl halides is 2. The number of carbonyl (C=O) groups excluding carboxylic acids is 1. The van der Waals surface area contributed by atoms with Crippen LogP contribution in [0.25, 0.3) is 11.0 Å². The highest BCUT2D eigenvalue weighted by Gasteiger charge is 2.16. The van der Waals surface area contributed by atoms with Gasteiger partial charge in [-0.05, 0) is 50.1 Å². The molecule has 0 aliphatic carbocycles. The predicted octanol–water partition coefficient (Wildman–Crippen LogP) is 3.05. The molecule has 28 heavy (non-hydrogen) atoms. The molecule has 2 heterocycles. The number of aromatic amines is 1. The first-order chi connectivity index (χ1) is 13.3. The van der Waals surface area contributed by atoms with Gasteiger partial charge in [0.25, 0.3) is 5.56 Å². The number of carbonyl (C=O) groups is 1. The number of nitrogens with zero attached hydrogens (tertiary/aromatic N) is 2. The Kier molecular flexibility index (Phi) is 5.43. The maximum absolute atomic E-state index is 12.4. The van der Waals surface area contributed by atoms with E-state index < -0.39 is 6.61 Å². The van der Waals surface area contributed by atoms with Crippen LogP contribution in [0.5, 0.6) is 5.75 Å². The van der Waals surface area contributed by atoms with Crippen molar-refractivity contribution in [1.29, 1.82) is 0 Å². The summed E-state index contributed by atoms with van der Waals surface area (Å²) in [6, 6.07) is 5.63. The Labute approximate surface area is 159 Å². The van der Waals surface area contributed by atoms with Gasteiger partial charge in [0, 0.05) is 30.1 Å². The number of amides is 1. The number of ether oxygens (including phenoxy) is 1. The summed E-state index contributed by atoms with van der Waals surface area (Å²) in [4.78, 5) is 27.4. The van der Waals surface area contributed by atoms with Crippen LogP contribution in [0, 0.1) is 13.8 Å². The molecule has 0 fully saturated rings. The van der Waals surface area contributed by atoms with Gasteiger partial charge in [0.05, 0.1) is 5.69 Å². The summed E-state index contributed by atoms with van der Waals surface area (Å²) in [6.45, 7) is 0.815. The van der Waals surface area contributed by atoms with Crippen LogP contribution in [0.4, 0.5) is 14.5 Å². The number of halogens is 2. The molecule has 0 saturated carbocycles. The number of hydrogen-bond donors (Lipinski definition) is 2. The van der Waals surface area contributed by atoms with Crippen LogP contribution in [0.2, 0.25) is 0 Å². The molecule has 0 radical (unpaired) electrons. The van der Waals surface area contributed by atoms with E-state index in [9.17, 15) is 18.4 Å². The molecule has 0 saturated heterocycles. The van der Waals surface area contributed by atoms with E-state index in [4.69, 9.17) is 0 Å². The van der Waals surface area contributed by atoms with E-state index in [1.165, 1.54) is 24.3 Å². The van der Waals surface area contributed by atoms with Crippen LogP contribution in [0.1, 0.15) is 23.2 Å². The average Bonchev–Trinajstić information content (AvgIpc) is 2.89. The van der Waals surface area contributed by atoms with Crippen LogP contribution in [-0.2, 0) is 18.3 Å². The number of aromatic nitrogens is 3. The molecule has 3 rings (SSSR count). The number of fused-ring (bicyclic) bond motifs is 1. The van der Waals surface area contributed by atoms with Crippen molar-refractivity contribution in [3.63, 3.8) is 0 Å². The number of anilines is 1. The fraction of sp³-hybridized carbons (Fsp3) is 0.316. The van der Waals surface area contributed by atoms with E-state index in [0.717, 1.165) is 16.6 Å². The molecule has 0 spiro atoms. The predicted molar refractivity (Wildman–Crippen MR) is 101 cm³/mol. The molecule has 0 atom stereocenters. The van der Waals surface area contributed by atoms with E-state index in [1.54, 1.807) is 11.7 Å². The van der Waals surface area contributed by atoms with E-state index >= 15 is 0 Å². The van der Waals surface area contributed by atoms with Gasteiger partial charge in [0.2, 0.25) is 5.91 Å². The molecular formula is C19H20F2N4O3. The van der Waals surface area contributed by atoms with Crippen molar-refractivity contribution in [2.24, 2.45) is 7.05 Å². The lowest BCUT2D eigenvalue weighted by Gasteiger charge is -2.09. The molecular weight excluding hydrogens is 370 g/mol. The zero-order chi connectivity index (χ0) is 20.4. The monoisotopic (exact) mass is 390 g/mol. The van der Waals surface area contributed by atoms with Gasteiger partial charge < -0.3 is 15.0 Å². The van der Waals surface area contributed by atoms with Crippen molar-refractivity contribution >= 4 is 22.6 Å². The quantitative estimate of drug-likeness (QED) is 0.677. The lowest BCUT2D eigenvalue weighted by atomic mass is 10.0. The van der Waals surface area contributed by atoms with Crippen molar-refractivity contribution < 1.29 is 18.3 Å². The summed E-state index contributed by atoms with van der Waals surface area (Å²) >= 11 is 0. The highest BCUT2D eigenvalue weighted by Crippen LogP contribution is 2.22. The largest absolute Gasteiger partial charge is 0.435 e. The molecule has 1 aromatic carbocycles. The summed E-state index contributed by atoms with van der Waals surface area (Å²) in [6.07, 6.45) is 0.369. The third-order valence-corrected chi connectivity index (χ3v) is 4.52. The number of aryl methyl sites for hydroxylation is 3. The van der Waals surface area contributed by atoms with Gasteiger partial charge in [-0.15, -0.1) is 0 Å². The topological polar surface area (TPSA) is 89.0 Å². The van der Waals surface area contributed by atoms with Crippen molar-refractivity contribution in [3.8, 4) is 5.75 Å². The minimum Gasteiger partial charge on any atom is -0.435 e. The SMILES string of the molecule is Cc1nn(C)c2[nH]c(=O)c(CCC(=O)Nc3ccc(OC(F)F)cc3)c(C)c12. The van der Waals surface area contributed by atoms with E-state index in [2.05, 4.69) is 20.1 Å². The first-order valence-electron chi connectivity index (χ1n) is 8.66. The molecule has 3 aromatic rings. The molecule has 0 bridgehead atoms. The molecule has 1 amide bonds. The van der Waals surface area contributed by atoms with Crippen LogP contribution in [0.3, 0.4) is 0 Å². The van der Waals surface area contributed by atoms with Gasteiger partial charge in [0.15, 0.2) is 0 Å². The van der Waals surface area contributed by atoms with Gasteiger partial charge in [-0.3, -0.25) is 14.3 Å². The molecule has 148 valence electrons. The summed E-state index contributed by atoms with van der Waals surface area (Å²) in [7, 11) is 1.76. The van der Waals surface area contributed by atoms with Crippen molar-refractivity contribution in [2.45, 2.75) is 33.3 Å². The zero-order valence-corrected chi connectivity index (χ0v) is 15.7. The summed E-state index contributed by atoms with van der Waals surface area (Å²) < 4.78 is 30.2. The number of H-pyrrole nitrogens is 1. The molecule has 9 heteroatoms. The smallest absolute Gasteiger partial charge is 0.387 e. The fourth-order valence-corrected chi connectivity index (χ4v) is 3.24. The van der Waals surface area contributed by atoms with Gasteiger partial charge in [-0.1, -0.05) is 0 Å². The minimum absolute atomic E-state index is 0.00954. The van der Waals surface area contributed by atoms with Crippen molar-refractivity contribution in [3.05, 3.63) is 51.4 Å². The number of rotatable bonds is 6. The summed E-state index contributed by atoms with van der Waals surface area (Å²) in [5.74, 6) is -0.278. The first-order valence-corrected chi connectivity index (χ1v) is 8.66. The van der Waals surface area contributed by atoms with Gasteiger partial charge in [-0.25, -0.2) is 0 Å². The van der Waals surface area contributed by atoms with Crippen molar-refractivity contribution in [2.75, 3.05) is 5.32 Å². The second-order valence-electron chi connectivity index (χ2n) is 6.44. The molecule has 0 unspecified atom stereocenters. The number of nitrogens with one attached hydrogen (secondary N) is 2. The fourth-order valence-electron chi connectivity index (χ4n) is 3.24. The lowest BCUT2D eigenvalue weighted by Crippen LogP contribution is -2.19. The number of pyridine rings is 1. The van der Waals surface area contributed by atoms with Gasteiger partial charge >= 0.3 is 6.61 Å². The number of benzene rings is 1. The van der Waals surface area contributed by atoms with E-state index in [-0.39, 0.29) is 30.1 Å². The molecule has 2 N–H and O–H groups in total. The zero-order valence-electron chi connectivity index (χ0n) is 15.7.